The Morgan fingerprint density at radius 1 is 0.952 bits per heavy atom. The zero-order valence-electron chi connectivity index (χ0n) is 11.9. The van der Waals surface area contributed by atoms with E-state index in [0.29, 0.717) is 0 Å². The van der Waals surface area contributed by atoms with Gasteiger partial charge in [0.05, 0.1) is 5.69 Å². The average Bonchev–Trinajstić information content (AvgIpc) is 3.17. The molecule has 1 aromatic carbocycles. The number of hydrogen-bond donors (Lipinski definition) is 0. The van der Waals surface area contributed by atoms with Crippen LogP contribution < -0.4 is 0 Å². The van der Waals surface area contributed by atoms with Gasteiger partial charge in [0, 0.05) is 28.1 Å². The lowest BCUT2D eigenvalue weighted by Gasteiger charge is -2.08. The third kappa shape index (κ3) is 2.70. The van der Waals surface area contributed by atoms with Crippen molar-refractivity contribution in [3.8, 4) is 11.3 Å². The Hall–Kier alpha value is -1.74. The van der Waals surface area contributed by atoms with Crippen molar-refractivity contribution in [1.82, 2.24) is 9.38 Å². The van der Waals surface area contributed by atoms with Gasteiger partial charge < -0.3 is 4.40 Å². The largest absolute Gasteiger partial charge is 0.305 e. The van der Waals surface area contributed by atoms with Crippen LogP contribution >= 0.6 is 11.8 Å². The van der Waals surface area contributed by atoms with Crippen LogP contribution in [0.5, 0.6) is 0 Å². The number of nitrogens with zero attached hydrogens (tertiary/aromatic N) is 2. The molecule has 3 aromatic rings. The molecule has 3 heteroatoms. The van der Waals surface area contributed by atoms with E-state index in [0.717, 1.165) is 16.6 Å². The van der Waals surface area contributed by atoms with Gasteiger partial charge in [-0.15, -0.1) is 11.8 Å². The molecule has 0 unspecified atom stereocenters. The first-order valence-corrected chi connectivity index (χ1v) is 8.47. The van der Waals surface area contributed by atoms with Crippen LogP contribution in [0.25, 0.3) is 16.9 Å². The van der Waals surface area contributed by atoms with Crippen molar-refractivity contribution in [3.05, 3.63) is 54.9 Å². The molecule has 106 valence electrons. The summed E-state index contributed by atoms with van der Waals surface area (Å²) in [6, 6.07) is 14.7. The van der Waals surface area contributed by atoms with Gasteiger partial charge in [0.15, 0.2) is 0 Å². The van der Waals surface area contributed by atoms with Crippen molar-refractivity contribution in [2.45, 2.75) is 35.8 Å². The minimum atomic E-state index is 0.805. The van der Waals surface area contributed by atoms with Crippen LogP contribution in [-0.4, -0.2) is 14.6 Å². The van der Waals surface area contributed by atoms with E-state index in [2.05, 4.69) is 53.2 Å². The van der Waals surface area contributed by atoms with Crippen molar-refractivity contribution in [1.29, 1.82) is 0 Å². The summed E-state index contributed by atoms with van der Waals surface area (Å²) in [5.41, 5.74) is 3.23. The van der Waals surface area contributed by atoms with Crippen molar-refractivity contribution in [2.24, 2.45) is 0 Å². The maximum absolute atomic E-state index is 4.71. The van der Waals surface area contributed by atoms with Gasteiger partial charge in [0.1, 0.15) is 5.65 Å². The fourth-order valence-corrected chi connectivity index (χ4v) is 4.26. The van der Waals surface area contributed by atoms with Crippen LogP contribution in [0.15, 0.2) is 59.8 Å². The lowest BCUT2D eigenvalue weighted by molar-refractivity contribution is 0.886. The zero-order chi connectivity index (χ0) is 14.1. The van der Waals surface area contributed by atoms with Crippen LogP contribution in [0.3, 0.4) is 0 Å². The highest BCUT2D eigenvalue weighted by molar-refractivity contribution is 8.00. The topological polar surface area (TPSA) is 17.3 Å². The summed E-state index contributed by atoms with van der Waals surface area (Å²) in [5.74, 6) is 0. The summed E-state index contributed by atoms with van der Waals surface area (Å²) in [5, 5.41) is 0.805. The van der Waals surface area contributed by atoms with Gasteiger partial charge >= 0.3 is 0 Å². The molecule has 0 atom stereocenters. The lowest BCUT2D eigenvalue weighted by atomic mass is 10.2. The molecular formula is C18H18N2S. The van der Waals surface area contributed by atoms with Gasteiger partial charge in [0.2, 0.25) is 0 Å². The van der Waals surface area contributed by atoms with Crippen molar-refractivity contribution >= 4 is 17.4 Å². The molecule has 1 fully saturated rings. The van der Waals surface area contributed by atoms with E-state index in [4.69, 9.17) is 4.98 Å². The van der Waals surface area contributed by atoms with Crippen molar-refractivity contribution in [2.75, 3.05) is 0 Å². The molecule has 2 aromatic heterocycles. The standard InChI is InChI=1S/C18H18N2S/c1-2-6-14(7-3-1)17-13-20-12-16(10-11-18(20)19-17)21-15-8-4-5-9-15/h1-3,6-7,10-13,15H,4-5,8-9H2. The summed E-state index contributed by atoms with van der Waals surface area (Å²) >= 11 is 2.02. The third-order valence-corrected chi connectivity index (χ3v) is 5.42. The number of benzene rings is 1. The maximum Gasteiger partial charge on any atom is 0.137 e. The highest BCUT2D eigenvalue weighted by atomic mass is 32.2. The SMILES string of the molecule is c1ccc(-c2cn3cc(SC4CCCC4)ccc3n2)cc1. The molecule has 0 radical (unpaired) electrons. The van der Waals surface area contributed by atoms with E-state index in [9.17, 15) is 0 Å². The minimum Gasteiger partial charge on any atom is -0.305 e. The van der Waals surface area contributed by atoms with E-state index in [1.807, 2.05) is 17.8 Å². The Bertz CT molecular complexity index is 742. The predicted molar refractivity (Wildman–Crippen MR) is 88.7 cm³/mol. The van der Waals surface area contributed by atoms with E-state index >= 15 is 0 Å². The molecule has 1 saturated carbocycles. The molecule has 0 amide bonds. The Labute approximate surface area is 129 Å². The molecule has 0 spiro atoms. The van der Waals surface area contributed by atoms with E-state index in [1.54, 1.807) is 0 Å². The number of rotatable bonds is 3. The summed E-state index contributed by atoms with van der Waals surface area (Å²) in [7, 11) is 0. The minimum absolute atomic E-state index is 0.805. The third-order valence-electron chi connectivity index (χ3n) is 4.10. The number of hydrogen-bond acceptors (Lipinski definition) is 2. The van der Waals surface area contributed by atoms with Gasteiger partial charge in [-0.25, -0.2) is 4.98 Å². The number of aromatic nitrogens is 2. The monoisotopic (exact) mass is 294 g/mol. The summed E-state index contributed by atoms with van der Waals surface area (Å²) < 4.78 is 2.15. The maximum atomic E-state index is 4.71. The van der Waals surface area contributed by atoms with E-state index < -0.39 is 0 Å². The highest BCUT2D eigenvalue weighted by Crippen LogP contribution is 2.34. The molecule has 1 aliphatic carbocycles. The van der Waals surface area contributed by atoms with E-state index in [-0.39, 0.29) is 0 Å². The molecular weight excluding hydrogens is 276 g/mol. The second-order valence-electron chi connectivity index (χ2n) is 5.65. The molecule has 0 saturated heterocycles. The lowest BCUT2D eigenvalue weighted by Crippen LogP contribution is -1.94. The van der Waals surface area contributed by atoms with Crippen LogP contribution in [0.1, 0.15) is 25.7 Å². The first-order valence-electron chi connectivity index (χ1n) is 7.59. The smallest absolute Gasteiger partial charge is 0.137 e. The fraction of sp³-hybridized carbons (Fsp3) is 0.278. The number of pyridine rings is 1. The van der Waals surface area contributed by atoms with Crippen molar-refractivity contribution in [3.63, 3.8) is 0 Å². The van der Waals surface area contributed by atoms with Crippen LogP contribution in [0.4, 0.5) is 0 Å². The molecule has 4 rings (SSSR count). The number of fused-ring (bicyclic) bond motifs is 1. The molecule has 0 N–H and O–H groups in total. The van der Waals surface area contributed by atoms with Gasteiger partial charge in [0.25, 0.3) is 0 Å². The Balaban J connectivity index is 1.65. The normalized spacial score (nSPS) is 15.8. The van der Waals surface area contributed by atoms with Crippen LogP contribution in [-0.2, 0) is 0 Å². The Morgan fingerprint density at radius 3 is 2.57 bits per heavy atom. The quantitative estimate of drug-likeness (QED) is 0.673. The Kier molecular flexibility index (Phi) is 3.44. The summed E-state index contributed by atoms with van der Waals surface area (Å²) in [6.45, 7) is 0. The zero-order valence-corrected chi connectivity index (χ0v) is 12.7. The highest BCUT2D eigenvalue weighted by Gasteiger charge is 2.16. The van der Waals surface area contributed by atoms with Gasteiger partial charge in [-0.05, 0) is 25.0 Å². The molecule has 21 heavy (non-hydrogen) atoms. The molecule has 0 aliphatic heterocycles. The second kappa shape index (κ2) is 5.57. The van der Waals surface area contributed by atoms with Crippen LogP contribution in [0, 0.1) is 0 Å². The molecule has 0 bridgehead atoms. The molecule has 1 aliphatic rings. The Morgan fingerprint density at radius 2 is 1.76 bits per heavy atom. The first-order chi connectivity index (χ1) is 10.4. The summed E-state index contributed by atoms with van der Waals surface area (Å²) in [4.78, 5) is 6.06. The van der Waals surface area contributed by atoms with Crippen LogP contribution in [0.2, 0.25) is 0 Å². The predicted octanol–water partition coefficient (Wildman–Crippen LogP) is 5.04. The van der Waals surface area contributed by atoms with E-state index in [1.165, 1.54) is 36.1 Å². The second-order valence-corrected chi connectivity index (χ2v) is 7.02. The first kappa shape index (κ1) is 13.0. The summed E-state index contributed by atoms with van der Waals surface area (Å²) in [6.07, 6.45) is 9.86. The van der Waals surface area contributed by atoms with Gasteiger partial charge in [-0.2, -0.15) is 0 Å². The average molecular weight is 294 g/mol. The fourth-order valence-electron chi connectivity index (χ4n) is 2.99. The molecule has 2 nitrogen and oxygen atoms in total. The van der Waals surface area contributed by atoms with Crippen molar-refractivity contribution < 1.29 is 0 Å². The molecule has 2 heterocycles. The van der Waals surface area contributed by atoms with Gasteiger partial charge in [-0.3, -0.25) is 0 Å². The van der Waals surface area contributed by atoms with Gasteiger partial charge in [-0.1, -0.05) is 43.2 Å². The number of thioether (sulfide) groups is 1. The number of imidazole rings is 1.